The minimum absolute atomic E-state index is 0. The van der Waals surface area contributed by atoms with E-state index in [4.69, 9.17) is 0 Å². The zero-order valence-electron chi connectivity index (χ0n) is 7.94. The Balaban J connectivity index is 0.00000169. The van der Waals surface area contributed by atoms with Crippen LogP contribution in [0, 0.1) is 10.1 Å². The Bertz CT molecular complexity index is 305. The molecule has 0 amide bonds. The van der Waals surface area contributed by atoms with Crippen LogP contribution in [0.15, 0.2) is 24.3 Å². The summed E-state index contributed by atoms with van der Waals surface area (Å²) in [6, 6.07) is 6.75. The lowest BCUT2D eigenvalue weighted by Crippen LogP contribution is -3.00. The van der Waals surface area contributed by atoms with Crippen molar-refractivity contribution in [3.63, 3.8) is 0 Å². The van der Waals surface area contributed by atoms with Gasteiger partial charge in [0.2, 0.25) is 0 Å². The SMILES string of the molecule is CC[NH2+]Cc1cccc([N+](=O)[O-])c1.[Cl-]. The summed E-state index contributed by atoms with van der Waals surface area (Å²) in [6.07, 6.45) is 0. The first-order chi connectivity index (χ1) is 6.24. The smallest absolute Gasteiger partial charge is 0.269 e. The maximum atomic E-state index is 10.4. The second kappa shape index (κ2) is 6.34. The molecule has 4 nitrogen and oxygen atoms in total. The molecule has 0 bridgehead atoms. The molecule has 0 aliphatic carbocycles. The van der Waals surface area contributed by atoms with E-state index >= 15 is 0 Å². The number of quaternary nitrogens is 1. The summed E-state index contributed by atoms with van der Waals surface area (Å²) in [5.74, 6) is 0. The van der Waals surface area contributed by atoms with Crippen molar-refractivity contribution in [2.75, 3.05) is 6.54 Å². The van der Waals surface area contributed by atoms with Gasteiger partial charge in [0, 0.05) is 17.7 Å². The van der Waals surface area contributed by atoms with Gasteiger partial charge >= 0.3 is 0 Å². The molecule has 0 atom stereocenters. The lowest BCUT2D eigenvalue weighted by Gasteiger charge is -1.98. The Kier molecular flexibility index (Phi) is 5.83. The van der Waals surface area contributed by atoms with Crippen LogP contribution in [0.4, 0.5) is 5.69 Å². The van der Waals surface area contributed by atoms with E-state index < -0.39 is 0 Å². The summed E-state index contributed by atoms with van der Waals surface area (Å²) in [5, 5.41) is 12.5. The summed E-state index contributed by atoms with van der Waals surface area (Å²) in [4.78, 5) is 10.1. The van der Waals surface area contributed by atoms with E-state index in [-0.39, 0.29) is 23.0 Å². The van der Waals surface area contributed by atoms with E-state index in [1.54, 1.807) is 12.1 Å². The Labute approximate surface area is 88.9 Å². The topological polar surface area (TPSA) is 59.8 Å². The molecule has 0 heterocycles. The summed E-state index contributed by atoms with van der Waals surface area (Å²) >= 11 is 0. The van der Waals surface area contributed by atoms with Crippen molar-refractivity contribution in [1.29, 1.82) is 0 Å². The van der Waals surface area contributed by atoms with Gasteiger partial charge in [-0.3, -0.25) is 10.1 Å². The highest BCUT2D eigenvalue weighted by Crippen LogP contribution is 2.11. The highest BCUT2D eigenvalue weighted by molar-refractivity contribution is 5.33. The van der Waals surface area contributed by atoms with Crippen molar-refractivity contribution >= 4 is 5.69 Å². The van der Waals surface area contributed by atoms with Gasteiger partial charge in [0.05, 0.1) is 11.5 Å². The highest BCUT2D eigenvalue weighted by Gasteiger charge is 2.05. The van der Waals surface area contributed by atoms with Gasteiger partial charge in [-0.25, -0.2) is 0 Å². The second-order valence-electron chi connectivity index (χ2n) is 2.83. The lowest BCUT2D eigenvalue weighted by molar-refractivity contribution is -0.667. The first-order valence-corrected chi connectivity index (χ1v) is 4.29. The third kappa shape index (κ3) is 3.72. The van der Waals surface area contributed by atoms with Gasteiger partial charge in [0.25, 0.3) is 5.69 Å². The molecule has 1 aromatic rings. The second-order valence-corrected chi connectivity index (χ2v) is 2.83. The van der Waals surface area contributed by atoms with Gasteiger partial charge in [0.15, 0.2) is 0 Å². The van der Waals surface area contributed by atoms with Crippen LogP contribution in [0.2, 0.25) is 0 Å². The van der Waals surface area contributed by atoms with Crippen LogP contribution in [0.5, 0.6) is 0 Å². The van der Waals surface area contributed by atoms with Crippen molar-refractivity contribution in [1.82, 2.24) is 0 Å². The fourth-order valence-electron chi connectivity index (χ4n) is 1.11. The first kappa shape index (κ1) is 12.9. The third-order valence-electron chi connectivity index (χ3n) is 1.79. The number of nitro benzene ring substituents is 1. The van der Waals surface area contributed by atoms with Crippen LogP contribution < -0.4 is 17.7 Å². The standard InChI is InChI=1S/C9H12N2O2.ClH/c1-2-10-7-8-4-3-5-9(6-8)11(12)13;/h3-6,10H,2,7H2,1H3;1H. The third-order valence-corrected chi connectivity index (χ3v) is 1.79. The Morgan fingerprint density at radius 3 is 2.79 bits per heavy atom. The zero-order chi connectivity index (χ0) is 9.68. The Morgan fingerprint density at radius 1 is 1.50 bits per heavy atom. The minimum atomic E-state index is -0.366. The maximum absolute atomic E-state index is 10.4. The molecule has 5 heteroatoms. The van der Waals surface area contributed by atoms with Crippen molar-refractivity contribution in [3.05, 3.63) is 39.9 Å². The van der Waals surface area contributed by atoms with Crippen LogP contribution in [-0.4, -0.2) is 11.5 Å². The number of rotatable bonds is 4. The number of nitro groups is 1. The van der Waals surface area contributed by atoms with E-state index in [0.29, 0.717) is 0 Å². The predicted octanol–water partition coefficient (Wildman–Crippen LogP) is -2.32. The van der Waals surface area contributed by atoms with Gasteiger partial charge in [0.1, 0.15) is 6.54 Å². The lowest BCUT2D eigenvalue weighted by atomic mass is 10.2. The van der Waals surface area contributed by atoms with E-state index in [1.807, 2.05) is 6.07 Å². The highest BCUT2D eigenvalue weighted by atomic mass is 35.5. The average molecular weight is 217 g/mol. The Morgan fingerprint density at radius 2 is 2.21 bits per heavy atom. The molecule has 0 aliphatic rings. The molecule has 0 aliphatic heterocycles. The quantitative estimate of drug-likeness (QED) is 0.454. The van der Waals surface area contributed by atoms with Crippen molar-refractivity contribution in [3.8, 4) is 0 Å². The largest absolute Gasteiger partial charge is 1.00 e. The number of benzene rings is 1. The fourth-order valence-corrected chi connectivity index (χ4v) is 1.11. The maximum Gasteiger partial charge on any atom is 0.269 e. The summed E-state index contributed by atoms with van der Waals surface area (Å²) in [7, 11) is 0. The number of non-ortho nitro benzene ring substituents is 1. The molecule has 78 valence electrons. The monoisotopic (exact) mass is 216 g/mol. The van der Waals surface area contributed by atoms with Crippen LogP contribution in [0.1, 0.15) is 12.5 Å². The van der Waals surface area contributed by atoms with Crippen LogP contribution in [0.25, 0.3) is 0 Å². The van der Waals surface area contributed by atoms with Crippen LogP contribution >= 0.6 is 0 Å². The molecule has 0 saturated heterocycles. The summed E-state index contributed by atoms with van der Waals surface area (Å²) in [6.45, 7) is 3.85. The van der Waals surface area contributed by atoms with Crippen molar-refractivity contribution in [2.45, 2.75) is 13.5 Å². The molecule has 0 fully saturated rings. The minimum Gasteiger partial charge on any atom is -1.00 e. The van der Waals surface area contributed by atoms with Gasteiger partial charge in [-0.15, -0.1) is 0 Å². The van der Waals surface area contributed by atoms with Crippen molar-refractivity contribution < 1.29 is 22.6 Å². The number of hydrogen-bond acceptors (Lipinski definition) is 2. The van der Waals surface area contributed by atoms with E-state index in [0.717, 1.165) is 18.7 Å². The van der Waals surface area contributed by atoms with Gasteiger partial charge in [-0.05, 0) is 6.92 Å². The molecular formula is C9H13ClN2O2. The number of halogens is 1. The zero-order valence-corrected chi connectivity index (χ0v) is 8.70. The molecule has 0 radical (unpaired) electrons. The first-order valence-electron chi connectivity index (χ1n) is 4.29. The normalized spacial score (nSPS) is 9.21. The van der Waals surface area contributed by atoms with Crippen LogP contribution in [-0.2, 0) is 6.54 Å². The summed E-state index contributed by atoms with van der Waals surface area (Å²) in [5.41, 5.74) is 1.16. The van der Waals surface area contributed by atoms with Gasteiger partial charge in [-0.1, -0.05) is 12.1 Å². The molecule has 14 heavy (non-hydrogen) atoms. The molecule has 1 rings (SSSR count). The van der Waals surface area contributed by atoms with E-state index in [9.17, 15) is 10.1 Å². The van der Waals surface area contributed by atoms with E-state index in [2.05, 4.69) is 12.2 Å². The molecule has 0 spiro atoms. The molecular weight excluding hydrogens is 204 g/mol. The molecule has 0 saturated carbocycles. The van der Waals surface area contributed by atoms with Gasteiger partial charge < -0.3 is 17.7 Å². The van der Waals surface area contributed by atoms with Gasteiger partial charge in [-0.2, -0.15) is 0 Å². The number of nitrogens with zero attached hydrogens (tertiary/aromatic N) is 1. The fraction of sp³-hybridized carbons (Fsp3) is 0.333. The molecule has 0 unspecified atom stereocenters. The van der Waals surface area contributed by atoms with Crippen molar-refractivity contribution in [2.24, 2.45) is 0 Å². The number of nitrogens with two attached hydrogens (primary N) is 1. The number of hydrogen-bond donors (Lipinski definition) is 1. The Hall–Kier alpha value is -1.13. The molecule has 1 aromatic carbocycles. The molecule has 2 N–H and O–H groups in total. The summed E-state index contributed by atoms with van der Waals surface area (Å²) < 4.78 is 0. The van der Waals surface area contributed by atoms with Crippen LogP contribution in [0.3, 0.4) is 0 Å². The van der Waals surface area contributed by atoms with E-state index in [1.165, 1.54) is 6.07 Å². The predicted molar refractivity (Wildman–Crippen MR) is 49.3 cm³/mol. The molecule has 0 aromatic heterocycles. The average Bonchev–Trinajstić information content (AvgIpc) is 2.15.